The Morgan fingerprint density at radius 1 is 1.07 bits per heavy atom. The smallest absolute Gasteiger partial charge is 0.195 e. The van der Waals surface area contributed by atoms with Crippen molar-refractivity contribution in [2.75, 3.05) is 12.3 Å². The molecule has 0 spiro atoms. The van der Waals surface area contributed by atoms with Crippen LogP contribution in [0, 0.1) is 5.82 Å². The zero-order valence-corrected chi connectivity index (χ0v) is 14.9. The molecule has 138 valence electrons. The number of ether oxygens (including phenoxy) is 1. The summed E-state index contributed by atoms with van der Waals surface area (Å²) in [5.41, 5.74) is 0.754. The second kappa shape index (κ2) is 7.75. The van der Waals surface area contributed by atoms with Crippen molar-refractivity contribution >= 4 is 23.1 Å². The highest BCUT2D eigenvalue weighted by atomic mass is 35.5. The van der Waals surface area contributed by atoms with Gasteiger partial charge < -0.3 is 4.74 Å². The Morgan fingerprint density at radius 2 is 1.78 bits per heavy atom. The molecule has 0 aliphatic heterocycles. The van der Waals surface area contributed by atoms with Gasteiger partial charge in [0.2, 0.25) is 0 Å². The number of benzene rings is 3. The summed E-state index contributed by atoms with van der Waals surface area (Å²) in [6.07, 6.45) is 0. The molecular weight excluding hydrogens is 373 g/mol. The molecule has 3 aromatic carbocycles. The average molecular weight is 388 g/mol. The fourth-order valence-electron chi connectivity index (χ4n) is 2.72. The molecule has 0 radical (unpaired) electrons. The SMILES string of the molecule is COc1ccc(C(=O)c2ccc(N(O)O)cc2)c(F)c1-c1cccc(Cl)c1. The number of rotatable bonds is 5. The van der Waals surface area contributed by atoms with Gasteiger partial charge in [0.05, 0.1) is 23.9 Å². The van der Waals surface area contributed by atoms with E-state index in [9.17, 15) is 4.79 Å². The maximum absolute atomic E-state index is 15.2. The Kier molecular flexibility index (Phi) is 5.41. The van der Waals surface area contributed by atoms with Gasteiger partial charge in [0.1, 0.15) is 11.6 Å². The molecule has 27 heavy (non-hydrogen) atoms. The molecule has 0 aliphatic rings. The molecular formula is C20H15ClFNO4. The Balaban J connectivity index is 2.09. The maximum atomic E-state index is 15.2. The van der Waals surface area contributed by atoms with E-state index in [-0.39, 0.29) is 33.4 Å². The van der Waals surface area contributed by atoms with Crippen molar-refractivity contribution in [2.45, 2.75) is 0 Å². The van der Waals surface area contributed by atoms with E-state index in [0.717, 1.165) is 0 Å². The second-order valence-corrected chi connectivity index (χ2v) is 6.12. The number of ketones is 1. The summed E-state index contributed by atoms with van der Waals surface area (Å²) >= 11 is 6.01. The van der Waals surface area contributed by atoms with Crippen LogP contribution in [0.15, 0.2) is 60.7 Å². The highest BCUT2D eigenvalue weighted by Gasteiger charge is 2.21. The molecule has 3 aromatic rings. The zero-order chi connectivity index (χ0) is 19.6. The van der Waals surface area contributed by atoms with E-state index < -0.39 is 11.6 Å². The number of carbonyl (C=O) groups is 1. The first-order chi connectivity index (χ1) is 12.9. The lowest BCUT2D eigenvalue weighted by atomic mass is 9.96. The Hall–Kier alpha value is -2.93. The molecule has 0 aliphatic carbocycles. The van der Waals surface area contributed by atoms with E-state index >= 15 is 4.39 Å². The van der Waals surface area contributed by atoms with Gasteiger partial charge in [-0.25, -0.2) is 4.39 Å². The number of hydrogen-bond acceptors (Lipinski definition) is 5. The summed E-state index contributed by atoms with van der Waals surface area (Å²) in [5.74, 6) is -0.998. The summed E-state index contributed by atoms with van der Waals surface area (Å²) in [4.78, 5) is 12.8. The van der Waals surface area contributed by atoms with Crippen LogP contribution >= 0.6 is 11.6 Å². The fourth-order valence-corrected chi connectivity index (χ4v) is 2.91. The van der Waals surface area contributed by atoms with E-state index in [2.05, 4.69) is 0 Å². The van der Waals surface area contributed by atoms with Gasteiger partial charge >= 0.3 is 0 Å². The molecule has 3 rings (SSSR count). The van der Waals surface area contributed by atoms with Crippen LogP contribution < -0.4 is 9.96 Å². The molecule has 0 saturated heterocycles. The predicted octanol–water partition coefficient (Wildman–Crippen LogP) is 4.97. The van der Waals surface area contributed by atoms with Gasteiger partial charge in [-0.1, -0.05) is 23.7 Å². The first-order valence-corrected chi connectivity index (χ1v) is 8.25. The summed E-state index contributed by atoms with van der Waals surface area (Å²) in [6, 6.07) is 14.9. The van der Waals surface area contributed by atoms with Gasteiger partial charge in [0.15, 0.2) is 5.78 Å². The summed E-state index contributed by atoms with van der Waals surface area (Å²) in [5, 5.41) is 18.3. The van der Waals surface area contributed by atoms with E-state index in [1.54, 1.807) is 24.3 Å². The number of methoxy groups -OCH3 is 1. The highest BCUT2D eigenvalue weighted by molar-refractivity contribution is 6.30. The molecule has 2 N–H and O–H groups in total. The van der Waals surface area contributed by atoms with Gasteiger partial charge in [0, 0.05) is 10.6 Å². The van der Waals surface area contributed by atoms with Crippen molar-refractivity contribution in [3.63, 3.8) is 0 Å². The quantitative estimate of drug-likeness (QED) is 0.477. The number of halogens is 2. The zero-order valence-electron chi connectivity index (χ0n) is 14.2. The molecule has 0 aromatic heterocycles. The van der Waals surface area contributed by atoms with E-state index in [0.29, 0.717) is 10.6 Å². The van der Waals surface area contributed by atoms with Crippen LogP contribution in [-0.2, 0) is 0 Å². The van der Waals surface area contributed by atoms with Gasteiger partial charge in [-0.3, -0.25) is 15.2 Å². The minimum Gasteiger partial charge on any atom is -0.496 e. The minimum absolute atomic E-state index is 0.0700. The maximum Gasteiger partial charge on any atom is 0.195 e. The molecule has 5 nitrogen and oxygen atoms in total. The van der Waals surface area contributed by atoms with E-state index in [1.165, 1.54) is 43.5 Å². The van der Waals surface area contributed by atoms with Crippen LogP contribution in [-0.4, -0.2) is 23.3 Å². The Morgan fingerprint density at radius 3 is 2.37 bits per heavy atom. The normalized spacial score (nSPS) is 10.6. The number of nitrogens with zero attached hydrogens (tertiary/aromatic N) is 1. The molecule has 7 heteroatoms. The number of carbonyl (C=O) groups excluding carboxylic acids is 1. The molecule has 0 heterocycles. The monoisotopic (exact) mass is 387 g/mol. The molecule has 0 bridgehead atoms. The first-order valence-electron chi connectivity index (χ1n) is 7.87. The second-order valence-electron chi connectivity index (χ2n) is 5.68. The van der Waals surface area contributed by atoms with Crippen molar-refractivity contribution in [3.05, 3.63) is 82.6 Å². The molecule has 0 saturated carbocycles. The third-order valence-corrected chi connectivity index (χ3v) is 4.28. The van der Waals surface area contributed by atoms with E-state index in [1.807, 2.05) is 0 Å². The molecule has 0 fully saturated rings. The fraction of sp³-hybridized carbons (Fsp3) is 0.0500. The van der Waals surface area contributed by atoms with Crippen molar-refractivity contribution in [3.8, 4) is 16.9 Å². The number of anilines is 1. The van der Waals surface area contributed by atoms with Crippen LogP contribution in [0.5, 0.6) is 5.75 Å². The van der Waals surface area contributed by atoms with Crippen LogP contribution in [0.25, 0.3) is 11.1 Å². The van der Waals surface area contributed by atoms with Gasteiger partial charge in [0.25, 0.3) is 0 Å². The number of hydrogen-bond donors (Lipinski definition) is 2. The molecule has 0 amide bonds. The topological polar surface area (TPSA) is 70.0 Å². The Bertz CT molecular complexity index is 990. The van der Waals surface area contributed by atoms with Crippen molar-refractivity contribution in [1.82, 2.24) is 0 Å². The van der Waals surface area contributed by atoms with E-state index in [4.69, 9.17) is 26.8 Å². The summed E-state index contributed by atoms with van der Waals surface area (Å²) < 4.78 is 20.5. The lowest BCUT2D eigenvalue weighted by Crippen LogP contribution is -2.11. The lowest BCUT2D eigenvalue weighted by Gasteiger charge is -2.13. The highest BCUT2D eigenvalue weighted by Crippen LogP contribution is 2.36. The predicted molar refractivity (Wildman–Crippen MR) is 99.3 cm³/mol. The molecule has 0 unspecified atom stereocenters. The summed E-state index contributed by atoms with van der Waals surface area (Å²) in [6.45, 7) is 0. The Labute approximate surface area is 159 Å². The standard InChI is InChI=1S/C20H15ClFNO4/c1-27-17-10-9-16(19(22)18(17)13-3-2-4-14(21)11-13)20(24)12-5-7-15(8-6-12)23(25)26/h2-11,25-26H,1H3. The van der Waals surface area contributed by atoms with Crippen molar-refractivity contribution in [1.29, 1.82) is 0 Å². The third-order valence-electron chi connectivity index (χ3n) is 4.04. The van der Waals surface area contributed by atoms with Crippen molar-refractivity contribution in [2.24, 2.45) is 0 Å². The van der Waals surface area contributed by atoms with Gasteiger partial charge in [-0.15, -0.1) is 5.23 Å². The summed E-state index contributed by atoms with van der Waals surface area (Å²) in [7, 11) is 1.42. The van der Waals surface area contributed by atoms with Crippen LogP contribution in [0.1, 0.15) is 15.9 Å². The van der Waals surface area contributed by atoms with Crippen molar-refractivity contribution < 1.29 is 24.3 Å². The van der Waals surface area contributed by atoms with Crippen LogP contribution in [0.4, 0.5) is 10.1 Å². The van der Waals surface area contributed by atoms with Gasteiger partial charge in [-0.05, 0) is 54.1 Å². The largest absolute Gasteiger partial charge is 0.496 e. The molecule has 0 atom stereocenters. The first kappa shape index (κ1) is 18.8. The average Bonchev–Trinajstić information content (AvgIpc) is 2.67. The van der Waals surface area contributed by atoms with Gasteiger partial charge in [-0.2, -0.15) is 0 Å². The lowest BCUT2D eigenvalue weighted by molar-refractivity contribution is 0.0291. The van der Waals surface area contributed by atoms with Crippen LogP contribution in [0.2, 0.25) is 5.02 Å². The van der Waals surface area contributed by atoms with Crippen LogP contribution in [0.3, 0.4) is 0 Å². The minimum atomic E-state index is -0.725. The third kappa shape index (κ3) is 3.78.